The summed E-state index contributed by atoms with van der Waals surface area (Å²) in [6.07, 6.45) is 0.215. The third-order valence-electron chi connectivity index (χ3n) is 1.17. The second-order valence-corrected chi connectivity index (χ2v) is 1.87. The zero-order valence-corrected chi connectivity index (χ0v) is 5.33. The van der Waals surface area contributed by atoms with Gasteiger partial charge in [-0.25, -0.2) is 0 Å². The minimum Gasteiger partial charge on any atom is -0.508 e. The molecule has 1 aromatic carbocycles. The number of benzene rings is 1. The van der Waals surface area contributed by atoms with Gasteiger partial charge in [0.1, 0.15) is 5.75 Å². The van der Waals surface area contributed by atoms with Gasteiger partial charge in [0.05, 0.1) is 12.5 Å². The summed E-state index contributed by atoms with van der Waals surface area (Å²) in [5, 5.41) is 17.3. The summed E-state index contributed by atoms with van der Waals surface area (Å²) < 4.78 is 0. The third-order valence-corrected chi connectivity index (χ3v) is 1.17. The first-order valence-electron chi connectivity index (χ1n) is 2.90. The van der Waals surface area contributed by atoms with E-state index in [0.29, 0.717) is 5.56 Å². The van der Waals surface area contributed by atoms with Gasteiger partial charge in [-0.15, -0.1) is 0 Å². The fourth-order valence-electron chi connectivity index (χ4n) is 0.683. The molecule has 2 heteroatoms. The Hall–Kier alpha value is -1.49. The van der Waals surface area contributed by atoms with Crippen molar-refractivity contribution in [2.75, 3.05) is 0 Å². The molecule has 0 aliphatic carbocycles. The summed E-state index contributed by atoms with van der Waals surface area (Å²) in [6.45, 7) is 0. The van der Waals surface area contributed by atoms with Crippen molar-refractivity contribution in [1.29, 1.82) is 5.26 Å². The van der Waals surface area contributed by atoms with Crippen LogP contribution in [0.5, 0.6) is 5.75 Å². The summed E-state index contributed by atoms with van der Waals surface area (Å²) in [6, 6.07) is 9.59. The molecule has 49 valence electrons. The molecule has 0 amide bonds. The molecule has 1 N–H and O–H groups in total. The van der Waals surface area contributed by atoms with E-state index in [4.69, 9.17) is 10.4 Å². The Bertz CT molecular complexity index is 262. The molecule has 2 nitrogen and oxygen atoms in total. The molecule has 0 saturated carbocycles. The molecule has 0 spiro atoms. The van der Waals surface area contributed by atoms with Crippen LogP contribution >= 0.6 is 0 Å². The van der Waals surface area contributed by atoms with Gasteiger partial charge in [-0.05, 0) is 12.1 Å². The van der Waals surface area contributed by atoms with Crippen molar-refractivity contribution >= 4 is 0 Å². The van der Waals surface area contributed by atoms with E-state index in [1.54, 1.807) is 18.2 Å². The smallest absolute Gasteiger partial charge is 0.120 e. The van der Waals surface area contributed by atoms with Crippen LogP contribution in [0.15, 0.2) is 18.2 Å². The summed E-state index contributed by atoms with van der Waals surface area (Å²) in [5.41, 5.74) is 0.560. The molecule has 0 bridgehead atoms. The van der Waals surface area contributed by atoms with Crippen molar-refractivity contribution in [2.45, 2.75) is 6.42 Å². The lowest BCUT2D eigenvalue weighted by molar-refractivity contribution is 0.469. The maximum absolute atomic E-state index is 9.06. The van der Waals surface area contributed by atoms with Crippen molar-refractivity contribution in [1.82, 2.24) is 0 Å². The average Bonchev–Trinajstić information content (AvgIpc) is 1.94. The van der Waals surface area contributed by atoms with E-state index >= 15 is 0 Å². The fraction of sp³-hybridized carbons (Fsp3) is 0.125. The molecule has 1 radical (unpaired) electrons. The Balaban J connectivity index is 2.94. The van der Waals surface area contributed by atoms with E-state index in [1.165, 1.54) is 0 Å². The van der Waals surface area contributed by atoms with Crippen LogP contribution in [-0.4, -0.2) is 5.11 Å². The number of nitrogens with zero attached hydrogens (tertiary/aromatic N) is 1. The lowest BCUT2D eigenvalue weighted by Gasteiger charge is -1.95. The lowest BCUT2D eigenvalue weighted by Crippen LogP contribution is -1.80. The largest absolute Gasteiger partial charge is 0.508 e. The molecular formula is C8H6NO. The number of rotatable bonds is 1. The second kappa shape index (κ2) is 2.88. The van der Waals surface area contributed by atoms with E-state index < -0.39 is 0 Å². The maximum atomic E-state index is 9.06. The van der Waals surface area contributed by atoms with Crippen LogP contribution in [0.1, 0.15) is 5.56 Å². The predicted octanol–water partition coefficient (Wildman–Crippen LogP) is 1.26. The van der Waals surface area contributed by atoms with Crippen LogP contribution in [0, 0.1) is 17.4 Å². The van der Waals surface area contributed by atoms with Crippen molar-refractivity contribution in [3.8, 4) is 11.8 Å². The minimum absolute atomic E-state index is 0.143. The van der Waals surface area contributed by atoms with Gasteiger partial charge in [-0.1, -0.05) is 12.1 Å². The Kier molecular flexibility index (Phi) is 1.91. The first-order valence-corrected chi connectivity index (χ1v) is 2.90. The number of phenols is 1. The summed E-state index contributed by atoms with van der Waals surface area (Å²) >= 11 is 0. The predicted molar refractivity (Wildman–Crippen MR) is 36.3 cm³/mol. The SMILES string of the molecule is N#CCc1[c]cccc1O. The number of phenolic OH excluding ortho intramolecular Hbond substituents is 1. The molecule has 0 saturated heterocycles. The molecular weight excluding hydrogens is 126 g/mol. The van der Waals surface area contributed by atoms with Crippen molar-refractivity contribution in [3.05, 3.63) is 29.8 Å². The van der Waals surface area contributed by atoms with Crippen LogP contribution in [-0.2, 0) is 6.42 Å². The molecule has 0 atom stereocenters. The molecule has 10 heavy (non-hydrogen) atoms. The van der Waals surface area contributed by atoms with Crippen LogP contribution in [0.4, 0.5) is 0 Å². The van der Waals surface area contributed by atoms with Gasteiger partial charge in [-0.2, -0.15) is 5.26 Å². The topological polar surface area (TPSA) is 44.0 Å². The molecule has 1 rings (SSSR count). The Morgan fingerprint density at radius 2 is 2.50 bits per heavy atom. The zero-order chi connectivity index (χ0) is 7.40. The third kappa shape index (κ3) is 1.26. The van der Waals surface area contributed by atoms with E-state index in [2.05, 4.69) is 6.07 Å². The van der Waals surface area contributed by atoms with Gasteiger partial charge in [0.2, 0.25) is 0 Å². The first kappa shape index (κ1) is 6.63. The molecule has 0 unspecified atom stereocenters. The highest BCUT2D eigenvalue weighted by atomic mass is 16.3. The molecule has 0 aliphatic heterocycles. The van der Waals surface area contributed by atoms with Crippen LogP contribution in [0.3, 0.4) is 0 Å². The van der Waals surface area contributed by atoms with E-state index in [0.717, 1.165) is 0 Å². The van der Waals surface area contributed by atoms with Crippen LogP contribution in [0.2, 0.25) is 0 Å². The summed E-state index contributed by atoms with van der Waals surface area (Å²) in [4.78, 5) is 0. The van der Waals surface area contributed by atoms with Gasteiger partial charge in [0.15, 0.2) is 0 Å². The lowest BCUT2D eigenvalue weighted by atomic mass is 10.1. The van der Waals surface area contributed by atoms with Gasteiger partial charge in [0, 0.05) is 5.56 Å². The standard InChI is InChI=1S/C8H6NO/c9-6-5-7-3-1-2-4-8(7)10/h1-2,4,10H,5H2. The highest BCUT2D eigenvalue weighted by Gasteiger charge is 1.96. The molecule has 0 heterocycles. The van der Waals surface area contributed by atoms with E-state index in [9.17, 15) is 0 Å². The van der Waals surface area contributed by atoms with Gasteiger partial charge >= 0.3 is 0 Å². The normalized spacial score (nSPS) is 8.70. The Morgan fingerprint density at radius 1 is 1.70 bits per heavy atom. The summed E-state index contributed by atoms with van der Waals surface area (Å²) in [5.74, 6) is 0.143. The fourth-order valence-corrected chi connectivity index (χ4v) is 0.683. The molecule has 0 aliphatic rings. The minimum atomic E-state index is 0.143. The van der Waals surface area contributed by atoms with Crippen molar-refractivity contribution in [2.24, 2.45) is 0 Å². The second-order valence-electron chi connectivity index (χ2n) is 1.87. The van der Waals surface area contributed by atoms with Gasteiger partial charge in [-0.3, -0.25) is 0 Å². The number of aromatic hydroxyl groups is 1. The van der Waals surface area contributed by atoms with Gasteiger partial charge in [0.25, 0.3) is 0 Å². The Morgan fingerprint density at radius 3 is 3.10 bits per heavy atom. The highest BCUT2D eigenvalue weighted by Crippen LogP contribution is 2.14. The van der Waals surface area contributed by atoms with Crippen LogP contribution in [0.25, 0.3) is 0 Å². The first-order chi connectivity index (χ1) is 4.84. The van der Waals surface area contributed by atoms with Crippen molar-refractivity contribution in [3.63, 3.8) is 0 Å². The number of hydrogen-bond acceptors (Lipinski definition) is 2. The quantitative estimate of drug-likeness (QED) is 0.625. The van der Waals surface area contributed by atoms with E-state index in [-0.39, 0.29) is 12.2 Å². The number of nitriles is 1. The average molecular weight is 132 g/mol. The summed E-state index contributed by atoms with van der Waals surface area (Å²) in [7, 11) is 0. The maximum Gasteiger partial charge on any atom is 0.120 e. The van der Waals surface area contributed by atoms with Crippen molar-refractivity contribution < 1.29 is 5.11 Å². The molecule has 0 aromatic heterocycles. The molecule has 1 aromatic rings. The Labute approximate surface area is 59.3 Å². The zero-order valence-electron chi connectivity index (χ0n) is 5.33. The molecule has 0 fully saturated rings. The van der Waals surface area contributed by atoms with E-state index in [1.807, 2.05) is 6.07 Å². The van der Waals surface area contributed by atoms with Crippen LogP contribution < -0.4 is 0 Å². The number of hydrogen-bond donors (Lipinski definition) is 1. The van der Waals surface area contributed by atoms with Gasteiger partial charge < -0.3 is 5.11 Å². The highest BCUT2D eigenvalue weighted by molar-refractivity contribution is 5.32. The monoisotopic (exact) mass is 132 g/mol.